The van der Waals surface area contributed by atoms with E-state index in [1.165, 1.54) is 12.1 Å². The van der Waals surface area contributed by atoms with Crippen molar-refractivity contribution in [1.82, 2.24) is 0 Å². The molecule has 1 aromatic rings. The first-order valence-electron chi connectivity index (χ1n) is 6.47. The topological polar surface area (TPSA) is 17.1 Å². The number of halogens is 2. The first-order chi connectivity index (χ1) is 8.47. The molecule has 0 bridgehead atoms. The number of rotatable bonds is 2. The van der Waals surface area contributed by atoms with E-state index >= 15 is 0 Å². The average molecular weight is 313 g/mol. The molecular formula is C15H18BrFO. The van der Waals surface area contributed by atoms with Crippen LogP contribution >= 0.6 is 15.9 Å². The largest absolute Gasteiger partial charge is 0.294 e. The molecule has 3 atom stereocenters. The lowest BCUT2D eigenvalue weighted by atomic mass is 9.73. The molecule has 0 aromatic heterocycles. The lowest BCUT2D eigenvalue weighted by Crippen LogP contribution is -2.26. The van der Waals surface area contributed by atoms with E-state index in [0.29, 0.717) is 21.9 Å². The third-order valence-corrected chi connectivity index (χ3v) is 4.57. The third-order valence-electron chi connectivity index (χ3n) is 4.12. The van der Waals surface area contributed by atoms with Crippen LogP contribution in [-0.4, -0.2) is 5.78 Å². The maximum absolute atomic E-state index is 13.3. The minimum atomic E-state index is -0.357. The van der Waals surface area contributed by atoms with E-state index in [1.54, 1.807) is 6.07 Å². The molecule has 98 valence electrons. The van der Waals surface area contributed by atoms with E-state index in [4.69, 9.17) is 0 Å². The molecule has 1 aromatic carbocycles. The molecule has 0 N–H and O–H groups in total. The first kappa shape index (κ1) is 13.7. The summed E-state index contributed by atoms with van der Waals surface area (Å²) >= 11 is 3.23. The number of ketones is 1. The molecule has 0 aliphatic heterocycles. The van der Waals surface area contributed by atoms with E-state index < -0.39 is 0 Å². The van der Waals surface area contributed by atoms with Crippen molar-refractivity contribution in [1.29, 1.82) is 0 Å². The summed E-state index contributed by atoms with van der Waals surface area (Å²) in [4.78, 5) is 12.4. The fourth-order valence-electron chi connectivity index (χ4n) is 2.72. The summed E-state index contributed by atoms with van der Waals surface area (Å²) in [6, 6.07) is 4.44. The Morgan fingerprint density at radius 2 is 1.94 bits per heavy atom. The Balaban J connectivity index is 2.16. The maximum atomic E-state index is 13.3. The van der Waals surface area contributed by atoms with E-state index in [-0.39, 0.29) is 17.5 Å². The Morgan fingerprint density at radius 1 is 1.22 bits per heavy atom. The van der Waals surface area contributed by atoms with E-state index in [1.807, 2.05) is 0 Å². The maximum Gasteiger partial charge on any atom is 0.166 e. The number of hydrogen-bond acceptors (Lipinski definition) is 1. The van der Waals surface area contributed by atoms with Crippen LogP contribution in [0.25, 0.3) is 0 Å². The zero-order valence-corrected chi connectivity index (χ0v) is 12.3. The third kappa shape index (κ3) is 3.00. The fraction of sp³-hybridized carbons (Fsp3) is 0.533. The summed E-state index contributed by atoms with van der Waals surface area (Å²) < 4.78 is 13.9. The van der Waals surface area contributed by atoms with Crippen LogP contribution in [-0.2, 0) is 0 Å². The Morgan fingerprint density at radius 3 is 2.56 bits per heavy atom. The number of carbonyl (C=O) groups is 1. The predicted octanol–water partition coefficient (Wildman–Crippen LogP) is 4.84. The van der Waals surface area contributed by atoms with Crippen LogP contribution in [0.15, 0.2) is 22.7 Å². The van der Waals surface area contributed by atoms with Crippen LogP contribution in [0.4, 0.5) is 4.39 Å². The molecule has 18 heavy (non-hydrogen) atoms. The molecular weight excluding hydrogens is 295 g/mol. The van der Waals surface area contributed by atoms with Crippen molar-refractivity contribution < 1.29 is 9.18 Å². The Labute approximate surface area is 116 Å². The second-order valence-corrected chi connectivity index (χ2v) is 6.40. The molecule has 3 heteroatoms. The molecule has 0 radical (unpaired) electrons. The molecule has 1 aliphatic carbocycles. The van der Waals surface area contributed by atoms with E-state index in [9.17, 15) is 9.18 Å². The average Bonchev–Trinajstić information content (AvgIpc) is 2.30. The van der Waals surface area contributed by atoms with Crippen LogP contribution in [0.5, 0.6) is 0 Å². The smallest absolute Gasteiger partial charge is 0.166 e. The zero-order chi connectivity index (χ0) is 13.3. The molecule has 3 unspecified atom stereocenters. The highest BCUT2D eigenvalue weighted by Gasteiger charge is 2.29. The standard InChI is InChI=1S/C15H18BrFO/c1-9-3-4-11(5-10(9)2)15(18)12-6-13(16)8-14(17)7-12/h6-11H,3-5H2,1-2H3. The van der Waals surface area contributed by atoms with Crippen LogP contribution in [0.2, 0.25) is 0 Å². The quantitative estimate of drug-likeness (QED) is 0.714. The van der Waals surface area contributed by atoms with Gasteiger partial charge in [-0.05, 0) is 49.3 Å². The molecule has 2 rings (SSSR count). The van der Waals surface area contributed by atoms with Gasteiger partial charge in [0.1, 0.15) is 5.82 Å². The van der Waals surface area contributed by atoms with Gasteiger partial charge in [-0.15, -0.1) is 0 Å². The molecule has 1 saturated carbocycles. The van der Waals surface area contributed by atoms with Crippen molar-refractivity contribution >= 4 is 21.7 Å². The highest BCUT2D eigenvalue weighted by atomic mass is 79.9. The number of carbonyl (C=O) groups excluding carboxylic acids is 1. The van der Waals surface area contributed by atoms with Gasteiger partial charge in [0.15, 0.2) is 5.78 Å². The van der Waals surface area contributed by atoms with Crippen molar-refractivity contribution in [3.63, 3.8) is 0 Å². The summed E-state index contributed by atoms with van der Waals surface area (Å²) in [5, 5.41) is 0. The van der Waals surface area contributed by atoms with Gasteiger partial charge < -0.3 is 0 Å². The lowest BCUT2D eigenvalue weighted by Gasteiger charge is -2.31. The van der Waals surface area contributed by atoms with Gasteiger partial charge in [-0.2, -0.15) is 0 Å². The molecule has 0 heterocycles. The number of Topliss-reactive ketones (excluding diaryl/α,β-unsaturated/α-hetero) is 1. The number of hydrogen-bond donors (Lipinski definition) is 0. The molecule has 0 spiro atoms. The van der Waals surface area contributed by atoms with Gasteiger partial charge in [0.2, 0.25) is 0 Å². The van der Waals surface area contributed by atoms with E-state index in [0.717, 1.165) is 19.3 Å². The molecule has 1 nitrogen and oxygen atoms in total. The van der Waals surface area contributed by atoms with Crippen LogP contribution < -0.4 is 0 Å². The van der Waals surface area contributed by atoms with Crippen molar-refractivity contribution in [2.75, 3.05) is 0 Å². The first-order valence-corrected chi connectivity index (χ1v) is 7.27. The molecule has 0 amide bonds. The minimum Gasteiger partial charge on any atom is -0.294 e. The predicted molar refractivity (Wildman–Crippen MR) is 74.1 cm³/mol. The highest BCUT2D eigenvalue weighted by molar-refractivity contribution is 9.10. The fourth-order valence-corrected chi connectivity index (χ4v) is 3.18. The monoisotopic (exact) mass is 312 g/mol. The van der Waals surface area contributed by atoms with Crippen molar-refractivity contribution in [2.24, 2.45) is 17.8 Å². The number of benzene rings is 1. The van der Waals surface area contributed by atoms with Gasteiger partial charge in [0.05, 0.1) is 0 Å². The second kappa shape index (κ2) is 5.52. The van der Waals surface area contributed by atoms with Gasteiger partial charge in [-0.25, -0.2) is 4.39 Å². The van der Waals surface area contributed by atoms with Crippen molar-refractivity contribution in [3.05, 3.63) is 34.1 Å². The Bertz CT molecular complexity index is 438. The minimum absolute atomic E-state index is 0.0601. The summed E-state index contributed by atoms with van der Waals surface area (Å²) in [5.74, 6) is 1.06. The van der Waals surface area contributed by atoms with Crippen LogP contribution in [0.1, 0.15) is 43.5 Å². The lowest BCUT2D eigenvalue weighted by molar-refractivity contribution is 0.0837. The van der Waals surface area contributed by atoms with Gasteiger partial charge in [-0.1, -0.05) is 29.8 Å². The van der Waals surface area contributed by atoms with Crippen molar-refractivity contribution in [2.45, 2.75) is 33.1 Å². The summed E-state index contributed by atoms with van der Waals surface area (Å²) in [5.41, 5.74) is 0.494. The zero-order valence-electron chi connectivity index (χ0n) is 10.7. The van der Waals surface area contributed by atoms with Gasteiger partial charge >= 0.3 is 0 Å². The van der Waals surface area contributed by atoms with E-state index in [2.05, 4.69) is 29.8 Å². The van der Waals surface area contributed by atoms with Crippen molar-refractivity contribution in [3.8, 4) is 0 Å². The molecule has 0 saturated heterocycles. The van der Waals surface area contributed by atoms with Crippen LogP contribution in [0.3, 0.4) is 0 Å². The van der Waals surface area contributed by atoms with Gasteiger partial charge in [0, 0.05) is 16.0 Å². The normalized spacial score (nSPS) is 28.1. The summed E-state index contributed by atoms with van der Waals surface area (Å²) in [6.45, 7) is 4.44. The summed E-state index contributed by atoms with van der Waals surface area (Å²) in [6.07, 6.45) is 2.95. The van der Waals surface area contributed by atoms with Gasteiger partial charge in [-0.3, -0.25) is 4.79 Å². The van der Waals surface area contributed by atoms with Crippen LogP contribution in [0, 0.1) is 23.6 Å². The molecule has 1 aliphatic rings. The Kier molecular flexibility index (Phi) is 4.21. The Hall–Kier alpha value is -0.700. The highest BCUT2D eigenvalue weighted by Crippen LogP contribution is 2.35. The summed E-state index contributed by atoms with van der Waals surface area (Å²) in [7, 11) is 0. The SMILES string of the molecule is CC1CCC(C(=O)c2cc(F)cc(Br)c2)CC1C. The van der Waals surface area contributed by atoms with Gasteiger partial charge in [0.25, 0.3) is 0 Å². The second-order valence-electron chi connectivity index (χ2n) is 5.49. The molecule has 1 fully saturated rings.